The van der Waals surface area contributed by atoms with E-state index in [2.05, 4.69) is 10.6 Å². The van der Waals surface area contributed by atoms with Crippen molar-refractivity contribution in [3.05, 3.63) is 47.7 Å². The molecule has 0 saturated heterocycles. The van der Waals surface area contributed by atoms with Gasteiger partial charge in [0.25, 0.3) is 0 Å². The van der Waals surface area contributed by atoms with Crippen molar-refractivity contribution in [2.45, 2.75) is 26.8 Å². The van der Waals surface area contributed by atoms with E-state index in [1.165, 1.54) is 13.0 Å². The van der Waals surface area contributed by atoms with Crippen molar-refractivity contribution in [3.8, 4) is 0 Å². The van der Waals surface area contributed by atoms with Gasteiger partial charge in [-0.25, -0.2) is 4.39 Å². The van der Waals surface area contributed by atoms with Crippen LogP contribution in [-0.2, 0) is 17.8 Å². The summed E-state index contributed by atoms with van der Waals surface area (Å²) in [4.78, 5) is 11.0. The predicted molar refractivity (Wildman–Crippen MR) is 76.1 cm³/mol. The van der Waals surface area contributed by atoms with Gasteiger partial charge in [-0.2, -0.15) is 0 Å². The van der Waals surface area contributed by atoms with Gasteiger partial charge >= 0.3 is 0 Å². The van der Waals surface area contributed by atoms with Crippen LogP contribution in [0.15, 0.2) is 34.7 Å². The minimum Gasteiger partial charge on any atom is -0.464 e. The molecule has 2 aromatic rings. The number of furan rings is 1. The Kier molecular flexibility index (Phi) is 4.40. The standard InChI is InChI=1S/C15H17FN2O2/c1-3-12-5-6-13(20-12)9-17-11-4-7-14(16)15(8-11)18-10(2)19/h4-8,17H,3,9H2,1-2H3,(H,18,19). The van der Waals surface area contributed by atoms with Crippen LogP contribution in [0.2, 0.25) is 0 Å². The molecule has 0 aliphatic carbocycles. The highest BCUT2D eigenvalue weighted by Crippen LogP contribution is 2.20. The van der Waals surface area contributed by atoms with Gasteiger partial charge in [0.05, 0.1) is 12.2 Å². The number of amides is 1. The van der Waals surface area contributed by atoms with Crippen molar-refractivity contribution < 1.29 is 13.6 Å². The smallest absolute Gasteiger partial charge is 0.221 e. The fraction of sp³-hybridized carbons (Fsp3) is 0.267. The molecule has 20 heavy (non-hydrogen) atoms. The Morgan fingerprint density at radius 1 is 1.25 bits per heavy atom. The Hall–Kier alpha value is -2.30. The van der Waals surface area contributed by atoms with E-state index in [9.17, 15) is 9.18 Å². The van der Waals surface area contributed by atoms with E-state index in [1.54, 1.807) is 12.1 Å². The van der Waals surface area contributed by atoms with Crippen molar-refractivity contribution >= 4 is 17.3 Å². The molecule has 5 heteroatoms. The molecule has 1 aromatic heterocycles. The largest absolute Gasteiger partial charge is 0.464 e. The molecule has 0 atom stereocenters. The third-order valence-corrected chi connectivity index (χ3v) is 2.81. The molecular weight excluding hydrogens is 259 g/mol. The van der Waals surface area contributed by atoms with Gasteiger partial charge in [0.15, 0.2) is 0 Å². The Morgan fingerprint density at radius 3 is 2.65 bits per heavy atom. The minimum absolute atomic E-state index is 0.163. The Bertz CT molecular complexity index is 608. The van der Waals surface area contributed by atoms with Crippen molar-refractivity contribution in [2.75, 3.05) is 10.6 Å². The van der Waals surface area contributed by atoms with Crippen LogP contribution in [0.1, 0.15) is 25.4 Å². The zero-order chi connectivity index (χ0) is 14.5. The fourth-order valence-electron chi connectivity index (χ4n) is 1.82. The molecule has 2 N–H and O–H groups in total. The normalized spacial score (nSPS) is 10.3. The van der Waals surface area contributed by atoms with Gasteiger partial charge in [-0.1, -0.05) is 6.92 Å². The molecule has 1 heterocycles. The Labute approximate surface area is 117 Å². The van der Waals surface area contributed by atoms with Crippen LogP contribution in [0.25, 0.3) is 0 Å². The number of benzene rings is 1. The second-order valence-electron chi connectivity index (χ2n) is 4.45. The molecule has 0 radical (unpaired) electrons. The molecule has 0 unspecified atom stereocenters. The zero-order valence-electron chi connectivity index (χ0n) is 11.5. The number of nitrogens with one attached hydrogen (secondary N) is 2. The lowest BCUT2D eigenvalue weighted by Crippen LogP contribution is -2.08. The predicted octanol–water partition coefficient (Wildman–Crippen LogP) is 3.55. The number of carbonyl (C=O) groups excluding carboxylic acids is 1. The van der Waals surface area contributed by atoms with Crippen LogP contribution in [0.3, 0.4) is 0 Å². The van der Waals surface area contributed by atoms with Crippen LogP contribution >= 0.6 is 0 Å². The van der Waals surface area contributed by atoms with Crippen molar-refractivity contribution in [1.82, 2.24) is 0 Å². The van der Waals surface area contributed by atoms with Crippen LogP contribution in [0.5, 0.6) is 0 Å². The highest BCUT2D eigenvalue weighted by Gasteiger charge is 2.06. The third kappa shape index (κ3) is 3.60. The van der Waals surface area contributed by atoms with Crippen LogP contribution in [-0.4, -0.2) is 5.91 Å². The molecule has 4 nitrogen and oxygen atoms in total. The van der Waals surface area contributed by atoms with Crippen molar-refractivity contribution in [2.24, 2.45) is 0 Å². The fourth-order valence-corrected chi connectivity index (χ4v) is 1.82. The number of hydrogen-bond donors (Lipinski definition) is 2. The highest BCUT2D eigenvalue weighted by molar-refractivity contribution is 5.89. The van der Waals surface area contributed by atoms with Crippen LogP contribution in [0, 0.1) is 5.82 Å². The second kappa shape index (κ2) is 6.23. The van der Waals surface area contributed by atoms with Gasteiger partial charge < -0.3 is 15.1 Å². The second-order valence-corrected chi connectivity index (χ2v) is 4.45. The van der Waals surface area contributed by atoms with Gasteiger partial charge in [-0.15, -0.1) is 0 Å². The van der Waals surface area contributed by atoms with E-state index in [0.29, 0.717) is 12.2 Å². The molecule has 0 fully saturated rings. The van der Waals surface area contributed by atoms with E-state index >= 15 is 0 Å². The highest BCUT2D eigenvalue weighted by atomic mass is 19.1. The average molecular weight is 276 g/mol. The lowest BCUT2D eigenvalue weighted by Gasteiger charge is -2.08. The molecule has 0 saturated carbocycles. The molecule has 1 amide bonds. The summed E-state index contributed by atoms with van der Waals surface area (Å²) in [7, 11) is 0. The van der Waals surface area contributed by atoms with Crippen molar-refractivity contribution in [3.63, 3.8) is 0 Å². The van der Waals surface area contributed by atoms with E-state index in [1.807, 2.05) is 19.1 Å². The van der Waals surface area contributed by atoms with Gasteiger partial charge in [-0.3, -0.25) is 4.79 Å². The summed E-state index contributed by atoms with van der Waals surface area (Å²) < 4.78 is 19.0. The van der Waals surface area contributed by atoms with E-state index in [4.69, 9.17) is 4.42 Å². The number of anilines is 2. The maximum Gasteiger partial charge on any atom is 0.221 e. The first-order valence-electron chi connectivity index (χ1n) is 6.47. The first kappa shape index (κ1) is 14.1. The number of hydrogen-bond acceptors (Lipinski definition) is 3. The first-order chi connectivity index (χ1) is 9.58. The molecule has 0 aliphatic rings. The summed E-state index contributed by atoms with van der Waals surface area (Å²) in [6.45, 7) is 3.87. The number of aryl methyl sites for hydroxylation is 1. The summed E-state index contributed by atoms with van der Waals surface area (Å²) in [5.74, 6) is 0.976. The zero-order valence-corrected chi connectivity index (χ0v) is 11.5. The lowest BCUT2D eigenvalue weighted by molar-refractivity contribution is -0.114. The van der Waals surface area contributed by atoms with Crippen LogP contribution < -0.4 is 10.6 Å². The molecule has 2 rings (SSSR count). The number of halogens is 1. The summed E-state index contributed by atoms with van der Waals surface area (Å²) in [5.41, 5.74) is 0.876. The summed E-state index contributed by atoms with van der Waals surface area (Å²) in [6.07, 6.45) is 0.850. The molecule has 106 valence electrons. The Balaban J connectivity index is 2.03. The lowest BCUT2D eigenvalue weighted by atomic mass is 10.2. The van der Waals surface area contributed by atoms with Gasteiger partial charge in [-0.05, 0) is 30.3 Å². The van der Waals surface area contributed by atoms with E-state index in [-0.39, 0.29) is 11.6 Å². The summed E-state index contributed by atoms with van der Waals surface area (Å²) in [6, 6.07) is 8.33. The molecule has 0 aliphatic heterocycles. The topological polar surface area (TPSA) is 54.3 Å². The quantitative estimate of drug-likeness (QED) is 0.878. The maximum absolute atomic E-state index is 13.5. The van der Waals surface area contributed by atoms with Crippen molar-refractivity contribution in [1.29, 1.82) is 0 Å². The molecular formula is C15H17FN2O2. The van der Waals surface area contributed by atoms with Crippen LogP contribution in [0.4, 0.5) is 15.8 Å². The molecule has 0 spiro atoms. The summed E-state index contributed by atoms with van der Waals surface area (Å²) in [5, 5.41) is 5.58. The number of rotatable bonds is 5. The molecule has 1 aromatic carbocycles. The van der Waals surface area contributed by atoms with E-state index < -0.39 is 5.82 Å². The first-order valence-corrected chi connectivity index (χ1v) is 6.47. The van der Waals surface area contributed by atoms with Gasteiger partial charge in [0.1, 0.15) is 17.3 Å². The monoisotopic (exact) mass is 276 g/mol. The maximum atomic E-state index is 13.5. The third-order valence-electron chi connectivity index (χ3n) is 2.81. The average Bonchev–Trinajstić information content (AvgIpc) is 2.87. The summed E-state index contributed by atoms with van der Waals surface area (Å²) >= 11 is 0. The minimum atomic E-state index is -0.461. The van der Waals surface area contributed by atoms with Gasteiger partial charge in [0, 0.05) is 19.0 Å². The molecule has 0 bridgehead atoms. The Morgan fingerprint density at radius 2 is 2.00 bits per heavy atom. The van der Waals surface area contributed by atoms with E-state index in [0.717, 1.165) is 17.9 Å². The number of carbonyl (C=O) groups is 1. The SMILES string of the molecule is CCc1ccc(CNc2ccc(F)c(NC(C)=O)c2)o1. The van der Waals surface area contributed by atoms with Gasteiger partial charge in [0.2, 0.25) is 5.91 Å².